The summed E-state index contributed by atoms with van der Waals surface area (Å²) in [7, 11) is 0. The molecule has 0 amide bonds. The number of hydrogen-bond acceptors (Lipinski definition) is 5. The van der Waals surface area contributed by atoms with Crippen LogP contribution < -0.4 is 5.32 Å². The lowest BCUT2D eigenvalue weighted by Crippen LogP contribution is -2.08. The highest BCUT2D eigenvalue weighted by atomic mass is 127. The molecule has 5 nitrogen and oxygen atoms in total. The molecule has 0 bridgehead atoms. The largest absolute Gasteiger partial charge is 0.461 e. The number of furan rings is 1. The molecule has 0 aliphatic carbocycles. The Morgan fingerprint density at radius 3 is 2.96 bits per heavy atom. The summed E-state index contributed by atoms with van der Waals surface area (Å²) in [4.78, 5) is 16.1. The van der Waals surface area contributed by atoms with E-state index in [1.807, 2.05) is 22.6 Å². The molecule has 0 aliphatic rings. The number of carbonyl (C=O) groups is 1. The molecule has 0 spiro atoms. The lowest BCUT2D eigenvalue weighted by atomic mass is 10.2. The second-order valence-corrected chi connectivity index (χ2v) is 6.43. The summed E-state index contributed by atoms with van der Waals surface area (Å²) in [5, 5.41) is 3.50. The molecule has 124 valence electrons. The SMILES string of the molecule is CCOC(=O)c1ncc(Cl)c2occ(Nc3ccc(I)cc3F)c12. The molecule has 8 heteroatoms. The van der Waals surface area contributed by atoms with Crippen molar-refractivity contribution in [2.24, 2.45) is 0 Å². The van der Waals surface area contributed by atoms with E-state index in [1.54, 1.807) is 19.1 Å². The van der Waals surface area contributed by atoms with E-state index in [1.165, 1.54) is 18.5 Å². The first-order valence-electron chi connectivity index (χ1n) is 6.96. The Kier molecular flexibility index (Phi) is 4.91. The van der Waals surface area contributed by atoms with E-state index < -0.39 is 11.8 Å². The molecule has 1 N–H and O–H groups in total. The molecular formula is C16H11ClFIN2O3. The second kappa shape index (κ2) is 6.94. The van der Waals surface area contributed by atoms with Crippen LogP contribution in [-0.4, -0.2) is 17.6 Å². The van der Waals surface area contributed by atoms with Gasteiger partial charge in [-0.3, -0.25) is 0 Å². The van der Waals surface area contributed by atoms with Crippen molar-refractivity contribution in [3.05, 3.63) is 50.8 Å². The van der Waals surface area contributed by atoms with Crippen molar-refractivity contribution in [3.63, 3.8) is 0 Å². The summed E-state index contributed by atoms with van der Waals surface area (Å²) in [5.41, 5.74) is 0.956. The summed E-state index contributed by atoms with van der Waals surface area (Å²) in [6, 6.07) is 4.74. The van der Waals surface area contributed by atoms with E-state index in [9.17, 15) is 9.18 Å². The summed E-state index contributed by atoms with van der Waals surface area (Å²) < 4.78 is 25.3. The summed E-state index contributed by atoms with van der Waals surface area (Å²) >= 11 is 8.09. The molecule has 0 aliphatic heterocycles. The maximum atomic E-state index is 14.1. The Bertz CT molecular complexity index is 929. The quantitative estimate of drug-likeness (QED) is 0.431. The molecule has 0 saturated heterocycles. The molecule has 0 saturated carbocycles. The van der Waals surface area contributed by atoms with Gasteiger partial charge in [0, 0.05) is 3.57 Å². The highest BCUT2D eigenvalue weighted by Gasteiger charge is 2.21. The number of nitrogens with zero attached hydrogens (tertiary/aromatic N) is 1. The fourth-order valence-electron chi connectivity index (χ4n) is 2.20. The zero-order chi connectivity index (χ0) is 17.3. The minimum Gasteiger partial charge on any atom is -0.461 e. The zero-order valence-corrected chi connectivity index (χ0v) is 15.3. The van der Waals surface area contributed by atoms with Crippen molar-refractivity contribution in [3.8, 4) is 0 Å². The minimum absolute atomic E-state index is 0.0541. The standard InChI is InChI=1S/C16H11ClFIN2O3/c1-2-23-16(22)14-13-12(7-24-15(13)9(17)6-20-14)21-11-4-3-8(19)5-10(11)18/h3-7,21H,2H2,1H3. The van der Waals surface area contributed by atoms with E-state index >= 15 is 0 Å². The van der Waals surface area contributed by atoms with Gasteiger partial charge in [0.05, 0.1) is 29.6 Å². The first kappa shape index (κ1) is 17.0. The van der Waals surface area contributed by atoms with Gasteiger partial charge in [-0.05, 0) is 47.7 Å². The van der Waals surface area contributed by atoms with Crippen LogP contribution in [0, 0.1) is 9.39 Å². The van der Waals surface area contributed by atoms with Gasteiger partial charge in [0.1, 0.15) is 17.1 Å². The van der Waals surface area contributed by atoms with Gasteiger partial charge in [-0.25, -0.2) is 14.2 Å². The zero-order valence-electron chi connectivity index (χ0n) is 12.4. The Labute approximate surface area is 155 Å². The van der Waals surface area contributed by atoms with Gasteiger partial charge in [-0.15, -0.1) is 0 Å². The topological polar surface area (TPSA) is 64.4 Å². The summed E-state index contributed by atoms with van der Waals surface area (Å²) in [6.07, 6.45) is 2.67. The monoisotopic (exact) mass is 460 g/mol. The van der Waals surface area contributed by atoms with E-state index in [0.29, 0.717) is 11.1 Å². The van der Waals surface area contributed by atoms with E-state index in [2.05, 4.69) is 10.3 Å². The van der Waals surface area contributed by atoms with Gasteiger partial charge in [-0.1, -0.05) is 11.6 Å². The maximum absolute atomic E-state index is 14.1. The van der Waals surface area contributed by atoms with Crippen LogP contribution >= 0.6 is 34.2 Å². The molecule has 24 heavy (non-hydrogen) atoms. The Hall–Kier alpha value is -1.87. The Balaban J connectivity index is 2.11. The molecule has 1 aromatic carbocycles. The molecule has 0 atom stereocenters. The Morgan fingerprint density at radius 1 is 1.46 bits per heavy atom. The number of benzene rings is 1. The highest BCUT2D eigenvalue weighted by Crippen LogP contribution is 2.35. The fourth-order valence-corrected chi connectivity index (χ4v) is 2.84. The number of ether oxygens (including phenoxy) is 1. The maximum Gasteiger partial charge on any atom is 0.357 e. The van der Waals surface area contributed by atoms with Crippen LogP contribution in [0.1, 0.15) is 17.4 Å². The lowest BCUT2D eigenvalue weighted by molar-refractivity contribution is 0.0522. The molecule has 0 fully saturated rings. The number of halogens is 3. The molecule has 2 heterocycles. The highest BCUT2D eigenvalue weighted by molar-refractivity contribution is 14.1. The first-order valence-corrected chi connectivity index (χ1v) is 8.41. The van der Waals surface area contributed by atoms with Crippen molar-refractivity contribution in [1.29, 1.82) is 0 Å². The third-order valence-electron chi connectivity index (χ3n) is 3.22. The van der Waals surface area contributed by atoms with Crippen molar-refractivity contribution in [2.45, 2.75) is 6.92 Å². The number of fused-ring (bicyclic) bond motifs is 1. The average molecular weight is 461 g/mol. The van der Waals surface area contributed by atoms with Gasteiger partial charge in [0.2, 0.25) is 0 Å². The predicted octanol–water partition coefficient (Wildman–Crippen LogP) is 5.15. The van der Waals surface area contributed by atoms with Crippen LogP contribution in [0.15, 0.2) is 35.1 Å². The molecule has 3 rings (SSSR count). The van der Waals surface area contributed by atoms with Crippen molar-refractivity contribution in [2.75, 3.05) is 11.9 Å². The number of rotatable bonds is 4. The smallest absolute Gasteiger partial charge is 0.357 e. The van der Waals surface area contributed by atoms with Crippen molar-refractivity contribution >= 4 is 62.5 Å². The summed E-state index contributed by atoms with van der Waals surface area (Å²) in [5.74, 6) is -1.03. The van der Waals surface area contributed by atoms with Crippen LogP contribution in [-0.2, 0) is 4.74 Å². The average Bonchev–Trinajstić information content (AvgIpc) is 2.95. The molecule has 0 unspecified atom stereocenters. The van der Waals surface area contributed by atoms with E-state index in [-0.39, 0.29) is 28.6 Å². The number of pyridine rings is 1. The predicted molar refractivity (Wildman–Crippen MR) is 97.4 cm³/mol. The summed E-state index contributed by atoms with van der Waals surface area (Å²) in [6.45, 7) is 1.90. The van der Waals surface area contributed by atoms with Crippen LogP contribution in [0.4, 0.5) is 15.8 Å². The molecule has 3 aromatic rings. The molecule has 0 radical (unpaired) electrons. The second-order valence-electron chi connectivity index (χ2n) is 4.78. The number of esters is 1. The van der Waals surface area contributed by atoms with Crippen molar-refractivity contribution < 1.29 is 18.3 Å². The third kappa shape index (κ3) is 3.18. The normalized spacial score (nSPS) is 10.8. The van der Waals surface area contributed by atoms with Crippen LogP contribution in [0.25, 0.3) is 11.0 Å². The van der Waals surface area contributed by atoms with Crippen LogP contribution in [0.2, 0.25) is 5.02 Å². The van der Waals surface area contributed by atoms with E-state index in [4.69, 9.17) is 20.8 Å². The van der Waals surface area contributed by atoms with Gasteiger partial charge >= 0.3 is 5.97 Å². The number of anilines is 2. The van der Waals surface area contributed by atoms with Crippen molar-refractivity contribution in [1.82, 2.24) is 4.98 Å². The third-order valence-corrected chi connectivity index (χ3v) is 4.16. The lowest BCUT2D eigenvalue weighted by Gasteiger charge is -2.08. The first-order chi connectivity index (χ1) is 11.5. The number of aromatic nitrogens is 1. The van der Waals surface area contributed by atoms with Crippen LogP contribution in [0.3, 0.4) is 0 Å². The molecule has 2 aromatic heterocycles. The van der Waals surface area contributed by atoms with Gasteiger partial charge < -0.3 is 14.5 Å². The molecular weight excluding hydrogens is 450 g/mol. The minimum atomic E-state index is -0.605. The fraction of sp³-hybridized carbons (Fsp3) is 0.125. The van der Waals surface area contributed by atoms with Gasteiger partial charge in [-0.2, -0.15) is 0 Å². The van der Waals surface area contributed by atoms with Gasteiger partial charge in [0.25, 0.3) is 0 Å². The number of hydrogen-bond donors (Lipinski definition) is 1. The van der Waals surface area contributed by atoms with Crippen LogP contribution in [0.5, 0.6) is 0 Å². The van der Waals surface area contributed by atoms with E-state index in [0.717, 1.165) is 3.57 Å². The Morgan fingerprint density at radius 2 is 2.25 bits per heavy atom. The van der Waals surface area contributed by atoms with Gasteiger partial charge in [0.15, 0.2) is 11.3 Å². The number of carbonyl (C=O) groups excluding carboxylic acids is 1. The number of nitrogens with one attached hydrogen (secondary N) is 1.